The van der Waals surface area contributed by atoms with Gasteiger partial charge in [-0.3, -0.25) is 9.59 Å². The van der Waals surface area contributed by atoms with Gasteiger partial charge in [0.15, 0.2) is 11.5 Å². The molecule has 4 aromatic carbocycles. The van der Waals surface area contributed by atoms with Gasteiger partial charge in [0.2, 0.25) is 11.2 Å². The maximum Gasteiger partial charge on any atom is 0.238 e. The lowest BCUT2D eigenvalue weighted by atomic mass is 9.95. The van der Waals surface area contributed by atoms with Crippen LogP contribution in [0.1, 0.15) is 28.4 Å². The summed E-state index contributed by atoms with van der Waals surface area (Å²) in [5, 5.41) is 66.6. The summed E-state index contributed by atoms with van der Waals surface area (Å²) in [6.07, 6.45) is -0.410. The van der Waals surface area contributed by atoms with Crippen LogP contribution in [0.4, 0.5) is 0 Å². The molecule has 0 aliphatic carbocycles. The Hall–Kier alpha value is -5.84. The third-order valence-corrected chi connectivity index (χ3v) is 6.31. The minimum Gasteiger partial charge on any atom is -0.508 e. The van der Waals surface area contributed by atoms with E-state index in [1.54, 1.807) is 12.1 Å². The van der Waals surface area contributed by atoms with Gasteiger partial charge in [-0.05, 0) is 42.0 Å². The number of Topliss-reactive ketones (excluding diaryl/α,β-unsaturated/α-hetero) is 1. The fourth-order valence-electron chi connectivity index (χ4n) is 4.38. The highest BCUT2D eigenvalue weighted by Crippen LogP contribution is 2.41. The molecule has 2 heterocycles. The zero-order valence-electron chi connectivity index (χ0n) is 21.0. The van der Waals surface area contributed by atoms with Gasteiger partial charge in [0.05, 0.1) is 6.42 Å². The first-order valence-electron chi connectivity index (χ1n) is 12.1. The normalized spacial score (nSPS) is 14.0. The van der Waals surface area contributed by atoms with Gasteiger partial charge in [-0.2, -0.15) is 0 Å². The first kappa shape index (κ1) is 26.8. The van der Waals surface area contributed by atoms with E-state index in [-0.39, 0.29) is 69.0 Å². The topological polar surface area (TPSA) is 198 Å². The number of carbonyl (C=O) groups excluding carboxylic acids is 1. The summed E-state index contributed by atoms with van der Waals surface area (Å²) in [6.45, 7) is 0. The molecule has 0 spiro atoms. The average molecular weight is 558 g/mol. The molecule has 0 amide bonds. The highest BCUT2D eigenvalue weighted by Gasteiger charge is 2.30. The number of rotatable bonds is 2. The summed E-state index contributed by atoms with van der Waals surface area (Å²) in [7, 11) is 0. The van der Waals surface area contributed by atoms with Crippen molar-refractivity contribution >= 4 is 16.8 Å². The summed E-state index contributed by atoms with van der Waals surface area (Å²) in [4.78, 5) is 24.2. The van der Waals surface area contributed by atoms with Crippen molar-refractivity contribution in [3.8, 4) is 57.3 Å². The Morgan fingerprint density at radius 1 is 0.659 bits per heavy atom. The zero-order chi connectivity index (χ0) is 29.4. The lowest BCUT2D eigenvalue weighted by molar-refractivity contribution is 0.0845. The molecule has 1 aliphatic rings. The van der Waals surface area contributed by atoms with Crippen LogP contribution in [0.2, 0.25) is 0 Å². The van der Waals surface area contributed by atoms with Gasteiger partial charge in [-0.1, -0.05) is 12.1 Å². The first-order chi connectivity index (χ1) is 19.5. The summed E-state index contributed by atoms with van der Waals surface area (Å²) in [5.41, 5.74) is 0.338. The van der Waals surface area contributed by atoms with Gasteiger partial charge < -0.3 is 44.9 Å². The number of hydrogen-bond acceptors (Lipinski definition) is 11. The number of aromatic hydroxyl groups is 7. The Kier molecular flexibility index (Phi) is 6.77. The summed E-state index contributed by atoms with van der Waals surface area (Å²) in [5.74, 6) is -1.90. The Balaban J connectivity index is 0.000000165. The molecule has 208 valence electrons. The van der Waals surface area contributed by atoms with Gasteiger partial charge in [0, 0.05) is 29.8 Å². The molecule has 11 heteroatoms. The van der Waals surface area contributed by atoms with E-state index in [0.29, 0.717) is 5.56 Å². The van der Waals surface area contributed by atoms with Crippen molar-refractivity contribution in [2.24, 2.45) is 0 Å². The Morgan fingerprint density at radius 2 is 1.24 bits per heavy atom. The molecule has 0 bridgehead atoms. The number of carbonyl (C=O) groups is 1. The molecule has 7 N–H and O–H groups in total. The average Bonchev–Trinajstić information content (AvgIpc) is 2.91. The number of phenolic OH excluding ortho intramolecular Hbond substituents is 6. The third-order valence-electron chi connectivity index (χ3n) is 6.31. The molecule has 0 saturated carbocycles. The summed E-state index contributed by atoms with van der Waals surface area (Å²) in [6, 6.07) is 16.6. The monoisotopic (exact) mass is 558 g/mol. The predicted molar refractivity (Wildman–Crippen MR) is 145 cm³/mol. The number of fused-ring (bicyclic) bond motifs is 2. The van der Waals surface area contributed by atoms with E-state index in [1.807, 2.05) is 0 Å². The van der Waals surface area contributed by atoms with Crippen LogP contribution in [-0.4, -0.2) is 41.5 Å². The standard InChI is InChI=1S/C15H10O6.C15H12O5/c16-8-3-1-7(2-4-8)15-14(20)13(19)12-10(18)5-9(17)6-11(12)21-15;16-9-3-1-8(2-4-9)13-7-12(19)15-11(18)5-10(17)6-14(15)20-13/h1-6,16-18,20H;1-6,13,16-18H,7H2/t;13-/m.0/s1. The molecule has 6 rings (SSSR count). The fourth-order valence-corrected chi connectivity index (χ4v) is 4.38. The van der Waals surface area contributed by atoms with Crippen LogP contribution in [0.25, 0.3) is 22.3 Å². The number of phenols is 6. The minimum absolute atomic E-state index is 0.0247. The molecular formula is C30H22O11. The van der Waals surface area contributed by atoms with Crippen molar-refractivity contribution in [3.05, 3.63) is 94.1 Å². The Morgan fingerprint density at radius 3 is 1.90 bits per heavy atom. The molecule has 5 aromatic rings. The highest BCUT2D eigenvalue weighted by atomic mass is 16.5. The second kappa shape index (κ2) is 10.4. The van der Waals surface area contributed by atoms with Crippen molar-refractivity contribution < 1.29 is 49.7 Å². The van der Waals surface area contributed by atoms with Crippen LogP contribution in [0.3, 0.4) is 0 Å². The van der Waals surface area contributed by atoms with Crippen molar-refractivity contribution in [2.75, 3.05) is 0 Å². The lowest BCUT2D eigenvalue weighted by Crippen LogP contribution is -2.20. The molecule has 1 aliphatic heterocycles. The molecule has 1 atom stereocenters. The van der Waals surface area contributed by atoms with Gasteiger partial charge in [-0.25, -0.2) is 0 Å². The van der Waals surface area contributed by atoms with Crippen LogP contribution in [0.5, 0.6) is 46.0 Å². The van der Waals surface area contributed by atoms with Crippen molar-refractivity contribution in [1.82, 2.24) is 0 Å². The third kappa shape index (κ3) is 5.23. The molecule has 41 heavy (non-hydrogen) atoms. The molecular weight excluding hydrogens is 536 g/mol. The molecule has 0 unspecified atom stereocenters. The molecule has 0 saturated heterocycles. The quantitative estimate of drug-likeness (QED) is 0.157. The van der Waals surface area contributed by atoms with Crippen LogP contribution in [0, 0.1) is 0 Å². The SMILES string of the molecule is O=C1C[C@@H](c2ccc(O)cc2)Oc2cc(O)cc(O)c21.O=c1c(O)c(-c2ccc(O)cc2)oc2cc(O)cc(O)c12. The van der Waals surface area contributed by atoms with E-state index >= 15 is 0 Å². The highest BCUT2D eigenvalue weighted by molar-refractivity contribution is 6.02. The molecule has 1 aromatic heterocycles. The fraction of sp³-hybridized carbons (Fsp3) is 0.0667. The van der Waals surface area contributed by atoms with E-state index in [4.69, 9.17) is 9.15 Å². The first-order valence-corrected chi connectivity index (χ1v) is 12.1. The van der Waals surface area contributed by atoms with E-state index in [9.17, 15) is 45.3 Å². The van der Waals surface area contributed by atoms with Crippen LogP contribution >= 0.6 is 0 Å². The lowest BCUT2D eigenvalue weighted by Gasteiger charge is -2.26. The van der Waals surface area contributed by atoms with Gasteiger partial charge in [0.25, 0.3) is 0 Å². The molecule has 11 nitrogen and oxygen atoms in total. The summed E-state index contributed by atoms with van der Waals surface area (Å²) >= 11 is 0. The predicted octanol–water partition coefficient (Wildman–Crippen LogP) is 4.79. The summed E-state index contributed by atoms with van der Waals surface area (Å²) < 4.78 is 11.1. The smallest absolute Gasteiger partial charge is 0.238 e. The van der Waals surface area contributed by atoms with E-state index in [0.717, 1.165) is 17.7 Å². The van der Waals surface area contributed by atoms with E-state index in [2.05, 4.69) is 0 Å². The number of ether oxygens (including phenoxy) is 1. The molecule has 0 fully saturated rings. The maximum atomic E-state index is 12.1. The van der Waals surface area contributed by atoms with Gasteiger partial charge in [0.1, 0.15) is 62.9 Å². The van der Waals surface area contributed by atoms with Crippen LogP contribution < -0.4 is 10.2 Å². The zero-order valence-corrected chi connectivity index (χ0v) is 21.0. The molecule has 0 radical (unpaired) electrons. The van der Waals surface area contributed by atoms with Gasteiger partial charge in [-0.15, -0.1) is 0 Å². The van der Waals surface area contributed by atoms with E-state index in [1.165, 1.54) is 48.5 Å². The minimum atomic E-state index is -0.808. The van der Waals surface area contributed by atoms with E-state index < -0.39 is 23.0 Å². The second-order valence-electron chi connectivity index (χ2n) is 9.16. The second-order valence-corrected chi connectivity index (χ2v) is 9.16. The number of ketones is 1. The number of hydrogen-bond donors (Lipinski definition) is 7. The Labute approximate surface area is 230 Å². The number of benzene rings is 4. The van der Waals surface area contributed by atoms with Crippen molar-refractivity contribution in [1.29, 1.82) is 0 Å². The van der Waals surface area contributed by atoms with Crippen molar-refractivity contribution in [3.63, 3.8) is 0 Å². The Bertz CT molecular complexity index is 1840. The van der Waals surface area contributed by atoms with Crippen molar-refractivity contribution in [2.45, 2.75) is 12.5 Å². The van der Waals surface area contributed by atoms with Crippen LogP contribution in [-0.2, 0) is 0 Å². The maximum absolute atomic E-state index is 12.1. The van der Waals surface area contributed by atoms with Crippen LogP contribution in [0.15, 0.2) is 82.0 Å². The largest absolute Gasteiger partial charge is 0.508 e. The van der Waals surface area contributed by atoms with Gasteiger partial charge >= 0.3 is 0 Å².